The first-order valence-electron chi connectivity index (χ1n) is 9.42. The van der Waals surface area contributed by atoms with Crippen molar-refractivity contribution in [3.8, 4) is 0 Å². The molecule has 5 heteroatoms. The third kappa shape index (κ3) is 3.88. The van der Waals surface area contributed by atoms with Gasteiger partial charge in [-0.05, 0) is 36.9 Å². The predicted octanol–water partition coefficient (Wildman–Crippen LogP) is 2.94. The molecule has 1 aromatic carbocycles. The maximum Gasteiger partial charge on any atom is 0.223 e. The number of likely N-dealkylation sites (tertiary alicyclic amines) is 2. The Bertz CT molecular complexity index is 746. The summed E-state index contributed by atoms with van der Waals surface area (Å²) < 4.78 is 0. The van der Waals surface area contributed by atoms with Crippen LogP contribution in [0, 0.1) is 5.41 Å². The number of carbonyl (C=O) groups is 1. The molecule has 0 radical (unpaired) electrons. The van der Waals surface area contributed by atoms with Gasteiger partial charge in [0.05, 0.1) is 6.54 Å². The SMILES string of the molecule is O=C1CC2(CCN(Cc3ncc[nH]3)CC2)CN1C/C=C/c1ccccc1. The second-order valence-corrected chi connectivity index (χ2v) is 7.58. The Kier molecular flexibility index (Phi) is 4.89. The van der Waals surface area contributed by atoms with Crippen molar-refractivity contribution in [2.24, 2.45) is 5.41 Å². The van der Waals surface area contributed by atoms with E-state index in [9.17, 15) is 4.79 Å². The smallest absolute Gasteiger partial charge is 0.223 e. The summed E-state index contributed by atoms with van der Waals surface area (Å²) in [5.74, 6) is 1.33. The molecule has 0 atom stereocenters. The number of amides is 1. The minimum atomic E-state index is 0.178. The van der Waals surface area contributed by atoms with E-state index in [0.717, 1.165) is 44.8 Å². The zero-order valence-corrected chi connectivity index (χ0v) is 15.1. The molecule has 0 bridgehead atoms. The first kappa shape index (κ1) is 17.0. The Morgan fingerprint density at radius 3 is 2.73 bits per heavy atom. The molecule has 1 N–H and O–H groups in total. The lowest BCUT2D eigenvalue weighted by molar-refractivity contribution is -0.127. The second-order valence-electron chi connectivity index (χ2n) is 7.58. The lowest BCUT2D eigenvalue weighted by atomic mass is 9.77. The Hall–Kier alpha value is -2.40. The first-order chi connectivity index (χ1) is 12.7. The highest BCUT2D eigenvalue weighted by Gasteiger charge is 2.44. The predicted molar refractivity (Wildman–Crippen MR) is 102 cm³/mol. The van der Waals surface area contributed by atoms with Crippen molar-refractivity contribution in [2.75, 3.05) is 26.2 Å². The number of piperidine rings is 1. The third-order valence-corrected chi connectivity index (χ3v) is 5.69. The van der Waals surface area contributed by atoms with E-state index >= 15 is 0 Å². The summed E-state index contributed by atoms with van der Waals surface area (Å²) in [6, 6.07) is 10.2. The fourth-order valence-electron chi connectivity index (χ4n) is 4.14. The van der Waals surface area contributed by atoms with Crippen LogP contribution in [0.5, 0.6) is 0 Å². The molecule has 2 aliphatic heterocycles. The minimum absolute atomic E-state index is 0.178. The third-order valence-electron chi connectivity index (χ3n) is 5.69. The molecule has 2 saturated heterocycles. The van der Waals surface area contributed by atoms with Crippen LogP contribution in [-0.4, -0.2) is 51.9 Å². The van der Waals surface area contributed by atoms with Gasteiger partial charge in [-0.1, -0.05) is 42.5 Å². The Morgan fingerprint density at radius 2 is 2.00 bits per heavy atom. The maximum absolute atomic E-state index is 12.5. The molecular weight excluding hydrogens is 324 g/mol. The number of rotatable bonds is 5. The fraction of sp³-hybridized carbons (Fsp3) is 0.429. The summed E-state index contributed by atoms with van der Waals surface area (Å²) in [4.78, 5) is 24.4. The van der Waals surface area contributed by atoms with Crippen molar-refractivity contribution < 1.29 is 4.79 Å². The molecule has 0 aliphatic carbocycles. The van der Waals surface area contributed by atoms with Crippen LogP contribution in [0.15, 0.2) is 48.8 Å². The van der Waals surface area contributed by atoms with Gasteiger partial charge in [-0.3, -0.25) is 9.69 Å². The molecule has 2 aliphatic rings. The van der Waals surface area contributed by atoms with Crippen molar-refractivity contribution in [3.63, 3.8) is 0 Å². The summed E-state index contributed by atoms with van der Waals surface area (Å²) in [6.45, 7) is 4.58. The van der Waals surface area contributed by atoms with Crippen LogP contribution >= 0.6 is 0 Å². The van der Waals surface area contributed by atoms with Gasteiger partial charge in [0.1, 0.15) is 5.82 Å². The number of benzene rings is 1. The molecule has 4 rings (SSSR count). The van der Waals surface area contributed by atoms with E-state index in [1.807, 2.05) is 29.3 Å². The van der Waals surface area contributed by atoms with E-state index in [2.05, 4.69) is 39.2 Å². The zero-order chi connectivity index (χ0) is 17.8. The molecule has 3 heterocycles. The van der Waals surface area contributed by atoms with Gasteiger partial charge in [0.25, 0.3) is 0 Å². The standard InChI is InChI=1S/C21H26N4O/c26-20-15-21(8-13-24(14-9-21)16-19-22-10-11-23-19)17-25(20)12-4-7-18-5-2-1-3-6-18/h1-7,10-11H,8-9,12-17H2,(H,22,23)/b7-4+. The van der Waals surface area contributed by atoms with Crippen molar-refractivity contribution in [3.05, 3.63) is 60.2 Å². The average molecular weight is 350 g/mol. The van der Waals surface area contributed by atoms with Crippen molar-refractivity contribution in [1.29, 1.82) is 0 Å². The van der Waals surface area contributed by atoms with Crippen LogP contribution in [-0.2, 0) is 11.3 Å². The normalized spacial score (nSPS) is 20.5. The summed E-state index contributed by atoms with van der Waals surface area (Å²) in [7, 11) is 0. The van der Waals surface area contributed by atoms with Gasteiger partial charge in [-0.2, -0.15) is 0 Å². The largest absolute Gasteiger partial charge is 0.348 e. The number of nitrogens with zero attached hydrogens (tertiary/aromatic N) is 3. The van der Waals surface area contributed by atoms with Gasteiger partial charge in [-0.25, -0.2) is 4.98 Å². The summed E-state index contributed by atoms with van der Waals surface area (Å²) in [6.07, 6.45) is 10.8. The van der Waals surface area contributed by atoms with Crippen LogP contribution in [0.2, 0.25) is 0 Å². The van der Waals surface area contributed by atoms with Crippen LogP contribution in [0.25, 0.3) is 6.08 Å². The number of aromatic nitrogens is 2. The van der Waals surface area contributed by atoms with Gasteiger partial charge in [-0.15, -0.1) is 0 Å². The van der Waals surface area contributed by atoms with Gasteiger partial charge in [0.2, 0.25) is 5.91 Å². The molecule has 5 nitrogen and oxygen atoms in total. The fourth-order valence-corrected chi connectivity index (χ4v) is 4.14. The van der Waals surface area contributed by atoms with Crippen LogP contribution < -0.4 is 0 Å². The molecule has 0 unspecified atom stereocenters. The van der Waals surface area contributed by atoms with Crippen molar-refractivity contribution in [2.45, 2.75) is 25.8 Å². The van der Waals surface area contributed by atoms with Gasteiger partial charge in [0, 0.05) is 31.9 Å². The summed E-state index contributed by atoms with van der Waals surface area (Å²) in [5.41, 5.74) is 1.36. The van der Waals surface area contributed by atoms with E-state index in [-0.39, 0.29) is 5.41 Å². The van der Waals surface area contributed by atoms with E-state index in [1.54, 1.807) is 6.20 Å². The number of nitrogens with one attached hydrogen (secondary N) is 1. The molecular formula is C21H26N4O. The number of aromatic amines is 1. The number of hydrogen-bond acceptors (Lipinski definition) is 3. The minimum Gasteiger partial charge on any atom is -0.348 e. The van der Waals surface area contributed by atoms with E-state index < -0.39 is 0 Å². The summed E-state index contributed by atoms with van der Waals surface area (Å²) >= 11 is 0. The van der Waals surface area contributed by atoms with Gasteiger partial charge >= 0.3 is 0 Å². The number of imidazole rings is 1. The van der Waals surface area contributed by atoms with Gasteiger partial charge < -0.3 is 9.88 Å². The monoisotopic (exact) mass is 350 g/mol. The second kappa shape index (κ2) is 7.46. The maximum atomic E-state index is 12.5. The topological polar surface area (TPSA) is 52.2 Å². The molecule has 1 aromatic heterocycles. The Balaban J connectivity index is 1.29. The molecule has 2 fully saturated rings. The molecule has 136 valence electrons. The highest BCUT2D eigenvalue weighted by molar-refractivity contribution is 5.79. The number of hydrogen-bond donors (Lipinski definition) is 1. The number of carbonyl (C=O) groups excluding carboxylic acids is 1. The highest BCUT2D eigenvalue weighted by atomic mass is 16.2. The van der Waals surface area contributed by atoms with Crippen molar-refractivity contribution >= 4 is 12.0 Å². The molecule has 1 spiro atoms. The average Bonchev–Trinajstić information content (AvgIpc) is 3.27. The molecule has 26 heavy (non-hydrogen) atoms. The summed E-state index contributed by atoms with van der Waals surface area (Å²) in [5, 5.41) is 0. The van der Waals surface area contributed by atoms with Crippen LogP contribution in [0.3, 0.4) is 0 Å². The van der Waals surface area contributed by atoms with Crippen LogP contribution in [0.1, 0.15) is 30.7 Å². The first-order valence-corrected chi connectivity index (χ1v) is 9.42. The highest BCUT2D eigenvalue weighted by Crippen LogP contribution is 2.41. The quantitative estimate of drug-likeness (QED) is 0.902. The van der Waals surface area contributed by atoms with E-state index in [0.29, 0.717) is 18.9 Å². The lowest BCUT2D eigenvalue weighted by Gasteiger charge is -2.38. The van der Waals surface area contributed by atoms with Crippen LogP contribution in [0.4, 0.5) is 0 Å². The van der Waals surface area contributed by atoms with E-state index in [1.165, 1.54) is 5.56 Å². The zero-order valence-electron chi connectivity index (χ0n) is 15.1. The Labute approximate surface area is 154 Å². The molecule has 2 aromatic rings. The Morgan fingerprint density at radius 1 is 1.19 bits per heavy atom. The number of H-pyrrole nitrogens is 1. The lowest BCUT2D eigenvalue weighted by Crippen LogP contribution is -2.41. The molecule has 0 saturated carbocycles. The molecule has 1 amide bonds. The van der Waals surface area contributed by atoms with Gasteiger partial charge in [0.15, 0.2) is 0 Å². The van der Waals surface area contributed by atoms with Crippen molar-refractivity contribution in [1.82, 2.24) is 19.8 Å². The van der Waals surface area contributed by atoms with E-state index in [4.69, 9.17) is 0 Å².